The zero-order valence-corrected chi connectivity index (χ0v) is 17.6. The van der Waals surface area contributed by atoms with Crippen LogP contribution in [0.5, 0.6) is 0 Å². The van der Waals surface area contributed by atoms with Crippen LogP contribution in [0.4, 0.5) is 17.3 Å². The number of likely N-dealkylation sites (N-methyl/N-ethyl adjacent to an activating group) is 1. The summed E-state index contributed by atoms with van der Waals surface area (Å²) in [6, 6.07) is 7.25. The lowest BCUT2D eigenvalue weighted by Gasteiger charge is -2.10. The Kier molecular flexibility index (Phi) is 6.56. The number of carbonyl (C=O) groups is 1. The van der Waals surface area contributed by atoms with Gasteiger partial charge in [0, 0.05) is 28.2 Å². The van der Waals surface area contributed by atoms with Gasteiger partial charge in [-0.15, -0.1) is 0 Å². The van der Waals surface area contributed by atoms with E-state index in [1.165, 1.54) is 12.4 Å². The first-order valence-electron chi connectivity index (χ1n) is 8.37. The van der Waals surface area contributed by atoms with Crippen LogP contribution in [-0.4, -0.2) is 46.4 Å². The third-order valence-electron chi connectivity index (χ3n) is 3.70. The molecule has 1 amide bonds. The molecule has 2 N–H and O–H groups in total. The predicted molar refractivity (Wildman–Crippen MR) is 116 cm³/mol. The highest BCUT2D eigenvalue weighted by atomic mass is 79.9. The molecule has 2 aromatic heterocycles. The first kappa shape index (κ1) is 20.2. The molecule has 144 valence electrons. The summed E-state index contributed by atoms with van der Waals surface area (Å²) in [6.07, 6.45) is 6.31. The van der Waals surface area contributed by atoms with E-state index in [4.69, 9.17) is 11.6 Å². The van der Waals surface area contributed by atoms with E-state index < -0.39 is 0 Å². The molecule has 0 radical (unpaired) electrons. The van der Waals surface area contributed by atoms with Gasteiger partial charge in [0.1, 0.15) is 18.0 Å². The summed E-state index contributed by atoms with van der Waals surface area (Å²) >= 11 is 9.53. The van der Waals surface area contributed by atoms with Crippen LogP contribution in [0.2, 0.25) is 5.02 Å². The van der Waals surface area contributed by atoms with Crippen molar-refractivity contribution in [1.29, 1.82) is 0 Å². The van der Waals surface area contributed by atoms with E-state index in [1.807, 2.05) is 31.1 Å². The van der Waals surface area contributed by atoms with Crippen molar-refractivity contribution in [3.05, 3.63) is 58.4 Å². The van der Waals surface area contributed by atoms with Crippen molar-refractivity contribution in [2.24, 2.45) is 0 Å². The Labute approximate surface area is 176 Å². The monoisotopic (exact) mass is 460 g/mol. The lowest BCUT2D eigenvalue weighted by atomic mass is 10.2. The number of fused-ring (bicyclic) bond motifs is 1. The van der Waals surface area contributed by atoms with Crippen LogP contribution in [0, 0.1) is 0 Å². The molecule has 0 saturated carbocycles. The Hall–Kier alpha value is -2.55. The Bertz CT molecular complexity index is 1040. The van der Waals surface area contributed by atoms with Crippen LogP contribution >= 0.6 is 27.5 Å². The summed E-state index contributed by atoms with van der Waals surface area (Å²) in [6.45, 7) is 0.677. The van der Waals surface area contributed by atoms with Gasteiger partial charge in [-0.2, -0.15) is 0 Å². The van der Waals surface area contributed by atoms with Crippen LogP contribution in [0.15, 0.2) is 53.4 Å². The highest BCUT2D eigenvalue weighted by Gasteiger charge is 2.08. The van der Waals surface area contributed by atoms with E-state index in [9.17, 15) is 4.79 Å². The van der Waals surface area contributed by atoms with E-state index in [1.54, 1.807) is 24.4 Å². The lowest BCUT2D eigenvalue weighted by molar-refractivity contribution is -0.111. The van der Waals surface area contributed by atoms with Crippen molar-refractivity contribution in [2.75, 3.05) is 31.3 Å². The third kappa shape index (κ3) is 5.25. The van der Waals surface area contributed by atoms with Crippen molar-refractivity contribution >= 4 is 61.7 Å². The fourth-order valence-corrected chi connectivity index (χ4v) is 2.80. The van der Waals surface area contributed by atoms with Gasteiger partial charge >= 0.3 is 0 Å². The zero-order chi connectivity index (χ0) is 20.1. The van der Waals surface area contributed by atoms with Crippen molar-refractivity contribution in [3.63, 3.8) is 0 Å². The van der Waals surface area contributed by atoms with E-state index in [-0.39, 0.29) is 5.91 Å². The molecule has 0 fully saturated rings. The van der Waals surface area contributed by atoms with Crippen LogP contribution in [0.25, 0.3) is 10.9 Å². The summed E-state index contributed by atoms with van der Waals surface area (Å²) in [5, 5.41) is 7.29. The van der Waals surface area contributed by atoms with Gasteiger partial charge < -0.3 is 15.5 Å². The van der Waals surface area contributed by atoms with Crippen molar-refractivity contribution in [2.45, 2.75) is 0 Å². The number of amides is 1. The second-order valence-electron chi connectivity index (χ2n) is 6.22. The molecular weight excluding hydrogens is 444 g/mol. The molecule has 0 unspecified atom stereocenters. The number of benzene rings is 1. The topological polar surface area (TPSA) is 83.0 Å². The summed E-state index contributed by atoms with van der Waals surface area (Å²) in [4.78, 5) is 26.8. The van der Waals surface area contributed by atoms with Crippen molar-refractivity contribution < 1.29 is 4.79 Å². The molecule has 1 aromatic carbocycles. The highest BCUT2D eigenvalue weighted by Crippen LogP contribution is 2.29. The summed E-state index contributed by atoms with van der Waals surface area (Å²) in [5.41, 5.74) is 1.43. The van der Waals surface area contributed by atoms with E-state index >= 15 is 0 Å². The third-order valence-corrected chi connectivity index (χ3v) is 4.93. The molecule has 3 rings (SSSR count). The summed E-state index contributed by atoms with van der Waals surface area (Å²) in [5.74, 6) is 0.753. The van der Waals surface area contributed by atoms with Crippen molar-refractivity contribution in [3.8, 4) is 0 Å². The quantitative estimate of drug-likeness (QED) is 0.534. The Balaban J connectivity index is 1.84. The van der Waals surface area contributed by atoms with Crippen molar-refractivity contribution in [1.82, 2.24) is 19.9 Å². The molecule has 0 atom stereocenters. The smallest absolute Gasteiger partial charge is 0.249 e. The van der Waals surface area contributed by atoms with E-state index in [0.29, 0.717) is 28.7 Å². The second-order valence-corrected chi connectivity index (χ2v) is 7.48. The van der Waals surface area contributed by atoms with Crippen LogP contribution in [0.1, 0.15) is 0 Å². The van der Waals surface area contributed by atoms with Gasteiger partial charge in [0.2, 0.25) is 5.91 Å². The molecule has 0 bridgehead atoms. The number of hydrogen-bond acceptors (Lipinski definition) is 6. The fraction of sp³-hybridized carbons (Fsp3) is 0.158. The first-order valence-corrected chi connectivity index (χ1v) is 9.54. The number of pyridine rings is 1. The SMILES string of the molecule is CN(C)C/C=C/C(=O)Nc1cc2c(Nc3ccc(Br)c(Cl)c3)ncnc2cn1. The number of nitrogens with one attached hydrogen (secondary N) is 2. The minimum absolute atomic E-state index is 0.250. The molecule has 0 aliphatic rings. The molecule has 0 spiro atoms. The Morgan fingerprint density at radius 2 is 2.07 bits per heavy atom. The van der Waals surface area contributed by atoms with Crippen LogP contribution < -0.4 is 10.6 Å². The Morgan fingerprint density at radius 1 is 1.25 bits per heavy atom. The second kappa shape index (κ2) is 9.09. The number of hydrogen-bond donors (Lipinski definition) is 2. The number of nitrogens with zero attached hydrogens (tertiary/aromatic N) is 4. The number of aromatic nitrogens is 3. The maximum absolute atomic E-state index is 12.1. The van der Waals surface area contributed by atoms with Crippen LogP contribution in [-0.2, 0) is 4.79 Å². The molecule has 2 heterocycles. The highest BCUT2D eigenvalue weighted by molar-refractivity contribution is 9.10. The van der Waals surface area contributed by atoms with Gasteiger partial charge in [0.25, 0.3) is 0 Å². The molecule has 9 heteroatoms. The average Bonchev–Trinajstić information content (AvgIpc) is 2.65. The number of carbonyl (C=O) groups excluding carboxylic acids is 1. The predicted octanol–water partition coefficient (Wildman–Crippen LogP) is 4.24. The van der Waals surface area contributed by atoms with E-state index in [0.717, 1.165) is 15.5 Å². The van der Waals surface area contributed by atoms with Crippen LogP contribution in [0.3, 0.4) is 0 Å². The van der Waals surface area contributed by atoms with Gasteiger partial charge in [-0.1, -0.05) is 17.7 Å². The standard InChI is InChI=1S/C19H18BrClN6O/c1-27(2)7-3-4-18(28)26-17-9-13-16(10-22-17)23-11-24-19(13)25-12-5-6-14(20)15(21)8-12/h3-6,8-11H,7H2,1-2H3,(H,22,26,28)(H,23,24,25)/b4-3+. The number of rotatable bonds is 6. The average molecular weight is 462 g/mol. The van der Waals surface area contributed by atoms with Gasteiger partial charge in [-0.25, -0.2) is 15.0 Å². The maximum Gasteiger partial charge on any atom is 0.249 e. The molecule has 0 aliphatic heterocycles. The summed E-state index contributed by atoms with van der Waals surface area (Å²) in [7, 11) is 3.86. The Morgan fingerprint density at radius 3 is 2.82 bits per heavy atom. The van der Waals surface area contributed by atoms with E-state index in [2.05, 4.69) is 41.5 Å². The summed E-state index contributed by atoms with van der Waals surface area (Å²) < 4.78 is 0.809. The number of halogens is 2. The fourth-order valence-electron chi connectivity index (χ4n) is 2.38. The minimum Gasteiger partial charge on any atom is -0.340 e. The molecule has 0 saturated heterocycles. The normalized spacial score (nSPS) is 11.3. The maximum atomic E-state index is 12.1. The first-order chi connectivity index (χ1) is 13.4. The zero-order valence-electron chi connectivity index (χ0n) is 15.3. The largest absolute Gasteiger partial charge is 0.340 e. The van der Waals surface area contributed by atoms with Gasteiger partial charge in [0.05, 0.1) is 16.7 Å². The molecule has 28 heavy (non-hydrogen) atoms. The lowest BCUT2D eigenvalue weighted by Crippen LogP contribution is -2.13. The van der Waals surface area contributed by atoms with Gasteiger partial charge in [-0.05, 0) is 54.3 Å². The molecular formula is C19H18BrClN6O. The molecule has 0 aliphatic carbocycles. The minimum atomic E-state index is -0.250. The molecule has 7 nitrogen and oxygen atoms in total. The van der Waals surface area contributed by atoms with Gasteiger partial charge in [-0.3, -0.25) is 4.79 Å². The van der Waals surface area contributed by atoms with Gasteiger partial charge in [0.15, 0.2) is 0 Å². The molecule has 3 aromatic rings. The number of anilines is 3.